The maximum Gasteiger partial charge on any atom is 0.193 e. The summed E-state index contributed by atoms with van der Waals surface area (Å²) in [4.78, 5) is 14.2. The molecule has 1 atom stereocenters. The summed E-state index contributed by atoms with van der Waals surface area (Å²) >= 11 is 1.76. The normalized spacial score (nSPS) is 22.0. The molecule has 2 fully saturated rings. The number of hydrogen-bond acceptors (Lipinski definition) is 5. The first-order valence-corrected chi connectivity index (χ1v) is 10.6. The first kappa shape index (κ1) is 22.8. The summed E-state index contributed by atoms with van der Waals surface area (Å²) in [5.74, 6) is 1.02. The van der Waals surface area contributed by atoms with E-state index in [0.29, 0.717) is 6.04 Å². The lowest BCUT2D eigenvalue weighted by atomic mass is 9.93. The third kappa shape index (κ3) is 6.27. The Balaban J connectivity index is 0.00000261. The molecule has 2 saturated heterocycles. The molecule has 0 amide bonds. The van der Waals surface area contributed by atoms with Crippen molar-refractivity contribution in [3.05, 3.63) is 16.1 Å². The Kier molecular flexibility index (Phi) is 8.76. The quantitative estimate of drug-likeness (QED) is 0.386. The van der Waals surface area contributed by atoms with E-state index in [2.05, 4.69) is 46.3 Å². The van der Waals surface area contributed by atoms with Crippen LogP contribution in [0.2, 0.25) is 0 Å². The van der Waals surface area contributed by atoms with Crippen molar-refractivity contribution < 1.29 is 4.74 Å². The Hall–Kier alpha value is -0.450. The molecule has 1 N–H and O–H groups in total. The topological polar surface area (TPSA) is 53.0 Å². The van der Waals surface area contributed by atoms with Gasteiger partial charge in [-0.3, -0.25) is 9.89 Å². The molecule has 3 heterocycles. The number of rotatable bonds is 4. The number of hydrogen-bond donors (Lipinski definition) is 1. The minimum atomic E-state index is 0. The van der Waals surface area contributed by atoms with Crippen molar-refractivity contribution >= 4 is 41.3 Å². The van der Waals surface area contributed by atoms with E-state index in [0.717, 1.165) is 58.3 Å². The number of nitrogens with zero attached hydrogens (tertiary/aromatic N) is 4. The molecule has 0 aliphatic carbocycles. The third-order valence-corrected chi connectivity index (χ3v) is 6.09. The molecule has 0 bridgehead atoms. The summed E-state index contributed by atoms with van der Waals surface area (Å²) in [6.45, 7) is 13.5. The molecule has 1 unspecified atom stereocenters. The van der Waals surface area contributed by atoms with E-state index < -0.39 is 0 Å². The minimum Gasteiger partial charge on any atom is -0.379 e. The van der Waals surface area contributed by atoms with Crippen LogP contribution < -0.4 is 5.32 Å². The highest BCUT2D eigenvalue weighted by Crippen LogP contribution is 2.24. The van der Waals surface area contributed by atoms with Gasteiger partial charge in [-0.25, -0.2) is 4.98 Å². The zero-order chi connectivity index (χ0) is 18.6. The van der Waals surface area contributed by atoms with Crippen LogP contribution in [0.3, 0.4) is 0 Å². The summed E-state index contributed by atoms with van der Waals surface area (Å²) in [7, 11) is 1.88. The Morgan fingerprint density at radius 2 is 2.07 bits per heavy atom. The first-order valence-electron chi connectivity index (χ1n) is 9.69. The van der Waals surface area contributed by atoms with Crippen molar-refractivity contribution in [1.82, 2.24) is 20.1 Å². The van der Waals surface area contributed by atoms with Crippen molar-refractivity contribution in [1.29, 1.82) is 0 Å². The average molecular weight is 507 g/mol. The predicted molar refractivity (Wildman–Crippen MR) is 124 cm³/mol. The van der Waals surface area contributed by atoms with Crippen molar-refractivity contribution in [3.63, 3.8) is 0 Å². The van der Waals surface area contributed by atoms with Gasteiger partial charge < -0.3 is 15.0 Å². The van der Waals surface area contributed by atoms with Crippen LogP contribution in [-0.2, 0) is 16.6 Å². The maximum atomic E-state index is 5.48. The molecule has 27 heavy (non-hydrogen) atoms. The number of ether oxygens (including phenoxy) is 1. The van der Waals surface area contributed by atoms with E-state index in [1.807, 2.05) is 7.05 Å². The van der Waals surface area contributed by atoms with Gasteiger partial charge in [-0.05, 0) is 6.42 Å². The van der Waals surface area contributed by atoms with Gasteiger partial charge in [0.25, 0.3) is 0 Å². The number of nitrogens with one attached hydrogen (secondary N) is 1. The second kappa shape index (κ2) is 10.4. The maximum absolute atomic E-state index is 5.48. The second-order valence-corrected chi connectivity index (χ2v) is 9.08. The number of aromatic nitrogens is 1. The van der Waals surface area contributed by atoms with Crippen molar-refractivity contribution in [2.75, 3.05) is 53.0 Å². The highest BCUT2D eigenvalue weighted by atomic mass is 127. The lowest BCUT2D eigenvalue weighted by Crippen LogP contribution is -2.46. The first-order chi connectivity index (χ1) is 12.5. The van der Waals surface area contributed by atoms with Crippen LogP contribution in [0.15, 0.2) is 10.4 Å². The van der Waals surface area contributed by atoms with Crippen molar-refractivity contribution in [3.8, 4) is 0 Å². The number of likely N-dealkylation sites (tertiary alicyclic amines) is 1. The molecule has 0 radical (unpaired) electrons. The summed E-state index contributed by atoms with van der Waals surface area (Å²) in [6.07, 6.45) is 2.16. The largest absolute Gasteiger partial charge is 0.379 e. The zero-order valence-electron chi connectivity index (χ0n) is 17.0. The fourth-order valence-electron chi connectivity index (χ4n) is 3.56. The molecule has 8 heteroatoms. The van der Waals surface area contributed by atoms with Crippen LogP contribution in [0.4, 0.5) is 0 Å². The Bertz CT molecular complexity index is 609. The van der Waals surface area contributed by atoms with E-state index in [4.69, 9.17) is 9.72 Å². The molecule has 0 spiro atoms. The van der Waals surface area contributed by atoms with Gasteiger partial charge >= 0.3 is 0 Å². The smallest absolute Gasteiger partial charge is 0.193 e. The van der Waals surface area contributed by atoms with Gasteiger partial charge in [0.2, 0.25) is 0 Å². The van der Waals surface area contributed by atoms with Crippen LogP contribution >= 0.6 is 35.3 Å². The zero-order valence-corrected chi connectivity index (χ0v) is 20.2. The lowest BCUT2D eigenvalue weighted by Gasteiger charge is -2.32. The molecule has 2 aliphatic heterocycles. The van der Waals surface area contributed by atoms with Gasteiger partial charge in [0.1, 0.15) is 0 Å². The predicted octanol–water partition coefficient (Wildman–Crippen LogP) is 2.58. The minimum absolute atomic E-state index is 0. The van der Waals surface area contributed by atoms with Crippen LogP contribution in [0.5, 0.6) is 0 Å². The van der Waals surface area contributed by atoms with Crippen LogP contribution in [0.25, 0.3) is 0 Å². The molecule has 1 aromatic rings. The summed E-state index contributed by atoms with van der Waals surface area (Å²) < 4.78 is 5.48. The monoisotopic (exact) mass is 507 g/mol. The Morgan fingerprint density at radius 1 is 1.33 bits per heavy atom. The molecule has 6 nitrogen and oxygen atoms in total. The molecule has 154 valence electrons. The standard InChI is InChI=1S/C19H33N5OS.HI/c1-19(2,3)16-14-26-17(22-16)5-7-21-18(20-4)24-8-6-15(13-24)23-9-11-25-12-10-23;/h14-15H,5-13H2,1-4H3,(H,20,21);1H. The molecule has 0 saturated carbocycles. The van der Waals surface area contributed by atoms with E-state index in [9.17, 15) is 0 Å². The second-order valence-electron chi connectivity index (χ2n) is 8.14. The van der Waals surface area contributed by atoms with E-state index in [-0.39, 0.29) is 29.4 Å². The van der Waals surface area contributed by atoms with Crippen molar-refractivity contribution in [2.45, 2.75) is 45.1 Å². The van der Waals surface area contributed by atoms with Crippen LogP contribution in [0, 0.1) is 0 Å². The fourth-order valence-corrected chi connectivity index (χ4v) is 4.58. The molecular formula is C19H34IN5OS. The summed E-state index contributed by atoms with van der Waals surface area (Å²) in [6, 6.07) is 0.630. The number of morpholine rings is 1. The fraction of sp³-hybridized carbons (Fsp3) is 0.789. The number of guanidine groups is 1. The summed E-state index contributed by atoms with van der Waals surface area (Å²) in [5.41, 5.74) is 1.32. The van der Waals surface area contributed by atoms with Gasteiger partial charge in [-0.15, -0.1) is 35.3 Å². The highest BCUT2D eigenvalue weighted by Gasteiger charge is 2.30. The lowest BCUT2D eigenvalue weighted by molar-refractivity contribution is 0.0195. The number of thiazole rings is 1. The molecular weight excluding hydrogens is 473 g/mol. The SMILES string of the molecule is CN=C(NCCc1nc(C(C)(C)C)cs1)N1CCC(N2CCOCC2)C1.I. The highest BCUT2D eigenvalue weighted by molar-refractivity contribution is 14.0. The Morgan fingerprint density at radius 3 is 2.70 bits per heavy atom. The van der Waals surface area contributed by atoms with E-state index >= 15 is 0 Å². The van der Waals surface area contributed by atoms with Crippen molar-refractivity contribution in [2.24, 2.45) is 4.99 Å². The van der Waals surface area contributed by atoms with E-state index in [1.165, 1.54) is 17.1 Å². The molecule has 2 aliphatic rings. The van der Waals surface area contributed by atoms with Gasteiger partial charge in [0, 0.05) is 63.0 Å². The average Bonchev–Trinajstić information content (AvgIpc) is 3.29. The van der Waals surface area contributed by atoms with Gasteiger partial charge in [-0.2, -0.15) is 0 Å². The number of aliphatic imine (C=N–C) groups is 1. The molecule has 1 aromatic heterocycles. The van der Waals surface area contributed by atoms with Gasteiger partial charge in [-0.1, -0.05) is 20.8 Å². The van der Waals surface area contributed by atoms with E-state index in [1.54, 1.807) is 11.3 Å². The van der Waals surface area contributed by atoms with Gasteiger partial charge in [0.15, 0.2) is 5.96 Å². The van der Waals surface area contributed by atoms with Gasteiger partial charge in [0.05, 0.1) is 23.9 Å². The molecule has 0 aromatic carbocycles. The van der Waals surface area contributed by atoms with Crippen LogP contribution in [-0.4, -0.2) is 79.8 Å². The summed E-state index contributed by atoms with van der Waals surface area (Å²) in [5, 5.41) is 6.92. The third-order valence-electron chi connectivity index (χ3n) is 5.18. The number of halogens is 1. The molecule has 3 rings (SSSR count). The van der Waals surface area contributed by atoms with Crippen LogP contribution in [0.1, 0.15) is 37.9 Å². The Labute approximate surface area is 184 Å².